The van der Waals surface area contributed by atoms with Crippen molar-refractivity contribution in [2.75, 3.05) is 32.1 Å². The molecule has 98 valence electrons. The summed E-state index contributed by atoms with van der Waals surface area (Å²) in [5.41, 5.74) is 1.38. The van der Waals surface area contributed by atoms with Gasteiger partial charge in [0.25, 0.3) is 5.91 Å². The topological polar surface area (TPSA) is 65.5 Å². The third kappa shape index (κ3) is 2.79. The van der Waals surface area contributed by atoms with Crippen molar-refractivity contribution in [3.63, 3.8) is 0 Å². The molecule has 0 aromatic carbocycles. The Bertz CT molecular complexity index is 405. The number of nitrogens with zero attached hydrogens (tertiary/aromatic N) is 2. The first-order valence-electron chi connectivity index (χ1n) is 6.28. The van der Waals surface area contributed by atoms with E-state index in [1.807, 2.05) is 18.0 Å². The highest BCUT2D eigenvalue weighted by atomic mass is 16.3. The molecule has 2 rings (SSSR count). The van der Waals surface area contributed by atoms with Crippen LogP contribution in [0.4, 0.5) is 5.69 Å². The van der Waals surface area contributed by atoms with Gasteiger partial charge in [0.1, 0.15) is 5.69 Å². The molecule has 5 heteroatoms. The number of likely N-dealkylation sites (tertiary alicyclic amines) is 1. The molecular weight excluding hydrogens is 230 g/mol. The summed E-state index contributed by atoms with van der Waals surface area (Å²) in [6.45, 7) is 1.69. The molecule has 2 heterocycles. The Morgan fingerprint density at radius 2 is 2.44 bits per heavy atom. The van der Waals surface area contributed by atoms with Gasteiger partial charge in [0, 0.05) is 26.7 Å². The number of aliphatic hydroxyl groups is 1. The Labute approximate surface area is 107 Å². The lowest BCUT2D eigenvalue weighted by atomic mass is 10.1. The minimum absolute atomic E-state index is 0.0157. The molecule has 1 fully saturated rings. The van der Waals surface area contributed by atoms with Crippen LogP contribution < -0.4 is 5.32 Å². The summed E-state index contributed by atoms with van der Waals surface area (Å²) in [7, 11) is 1.82. The highest BCUT2D eigenvalue weighted by Gasteiger charge is 2.26. The summed E-state index contributed by atoms with van der Waals surface area (Å²) in [5.74, 6) is 0.411. The SMILES string of the molecule is CNc1ccc(C(=O)N2CCC(CCO)C2)nc1. The maximum atomic E-state index is 12.2. The Kier molecular flexibility index (Phi) is 4.15. The quantitative estimate of drug-likeness (QED) is 0.834. The fourth-order valence-corrected chi connectivity index (χ4v) is 2.27. The molecular formula is C13H19N3O2. The Morgan fingerprint density at radius 1 is 1.61 bits per heavy atom. The zero-order valence-corrected chi connectivity index (χ0v) is 10.6. The van der Waals surface area contributed by atoms with Crippen LogP contribution in [0, 0.1) is 5.92 Å². The van der Waals surface area contributed by atoms with Gasteiger partial charge in [0.15, 0.2) is 0 Å². The second kappa shape index (κ2) is 5.82. The summed E-state index contributed by atoms with van der Waals surface area (Å²) in [6, 6.07) is 3.59. The Hall–Kier alpha value is -1.62. The largest absolute Gasteiger partial charge is 0.396 e. The van der Waals surface area contributed by atoms with Crippen LogP contribution in [0.25, 0.3) is 0 Å². The second-order valence-corrected chi connectivity index (χ2v) is 4.60. The van der Waals surface area contributed by atoms with Gasteiger partial charge < -0.3 is 15.3 Å². The van der Waals surface area contributed by atoms with Gasteiger partial charge in [-0.2, -0.15) is 0 Å². The Balaban J connectivity index is 1.98. The molecule has 1 aliphatic rings. The van der Waals surface area contributed by atoms with Gasteiger partial charge in [-0.05, 0) is 30.9 Å². The number of nitrogens with one attached hydrogen (secondary N) is 1. The van der Waals surface area contributed by atoms with Gasteiger partial charge >= 0.3 is 0 Å². The van der Waals surface area contributed by atoms with Crippen molar-refractivity contribution in [1.29, 1.82) is 0 Å². The normalized spacial score (nSPS) is 19.0. The van der Waals surface area contributed by atoms with E-state index in [4.69, 9.17) is 5.11 Å². The summed E-state index contributed by atoms with van der Waals surface area (Å²) in [5, 5.41) is 11.9. The van der Waals surface area contributed by atoms with Crippen LogP contribution in [0.5, 0.6) is 0 Å². The van der Waals surface area contributed by atoms with E-state index in [2.05, 4.69) is 10.3 Å². The van der Waals surface area contributed by atoms with Crippen molar-refractivity contribution in [1.82, 2.24) is 9.88 Å². The number of aromatic nitrogens is 1. The molecule has 0 bridgehead atoms. The molecule has 0 saturated carbocycles. The number of rotatable bonds is 4. The van der Waals surface area contributed by atoms with E-state index in [0.29, 0.717) is 11.6 Å². The van der Waals surface area contributed by atoms with Crippen molar-refractivity contribution < 1.29 is 9.90 Å². The fourth-order valence-electron chi connectivity index (χ4n) is 2.27. The van der Waals surface area contributed by atoms with Crippen LogP contribution in [-0.4, -0.2) is 47.6 Å². The van der Waals surface area contributed by atoms with E-state index in [1.54, 1.807) is 12.3 Å². The molecule has 0 radical (unpaired) electrons. The van der Waals surface area contributed by atoms with E-state index in [0.717, 1.165) is 31.6 Å². The van der Waals surface area contributed by atoms with Gasteiger partial charge in [0.05, 0.1) is 11.9 Å². The molecule has 1 atom stereocenters. The number of anilines is 1. The molecule has 5 nitrogen and oxygen atoms in total. The van der Waals surface area contributed by atoms with Gasteiger partial charge in [0.2, 0.25) is 0 Å². The molecule has 0 spiro atoms. The van der Waals surface area contributed by atoms with Gasteiger partial charge in [-0.25, -0.2) is 4.98 Å². The Morgan fingerprint density at radius 3 is 3.06 bits per heavy atom. The average Bonchev–Trinajstić information content (AvgIpc) is 2.87. The molecule has 1 aromatic rings. The van der Waals surface area contributed by atoms with E-state index in [-0.39, 0.29) is 12.5 Å². The molecule has 0 aliphatic carbocycles. The average molecular weight is 249 g/mol. The molecule has 1 saturated heterocycles. The van der Waals surface area contributed by atoms with E-state index in [9.17, 15) is 4.79 Å². The van der Waals surface area contributed by atoms with Crippen LogP contribution in [0.3, 0.4) is 0 Å². The molecule has 1 aliphatic heterocycles. The first-order chi connectivity index (χ1) is 8.74. The summed E-state index contributed by atoms with van der Waals surface area (Å²) in [6.07, 6.45) is 3.41. The van der Waals surface area contributed by atoms with Crippen LogP contribution in [0.15, 0.2) is 18.3 Å². The minimum Gasteiger partial charge on any atom is -0.396 e. The monoisotopic (exact) mass is 249 g/mol. The van der Waals surface area contributed by atoms with E-state index >= 15 is 0 Å². The number of hydrogen-bond acceptors (Lipinski definition) is 4. The lowest BCUT2D eigenvalue weighted by Gasteiger charge is -2.16. The van der Waals surface area contributed by atoms with Crippen molar-refractivity contribution in [2.45, 2.75) is 12.8 Å². The van der Waals surface area contributed by atoms with Crippen LogP contribution in [0.1, 0.15) is 23.3 Å². The van der Waals surface area contributed by atoms with Crippen molar-refractivity contribution in [3.05, 3.63) is 24.0 Å². The van der Waals surface area contributed by atoms with Crippen molar-refractivity contribution in [3.8, 4) is 0 Å². The summed E-state index contributed by atoms with van der Waals surface area (Å²) < 4.78 is 0. The molecule has 1 amide bonds. The maximum absolute atomic E-state index is 12.2. The number of carbonyl (C=O) groups excluding carboxylic acids is 1. The minimum atomic E-state index is -0.0157. The van der Waals surface area contributed by atoms with Gasteiger partial charge in [-0.3, -0.25) is 4.79 Å². The third-order valence-corrected chi connectivity index (χ3v) is 3.38. The van der Waals surface area contributed by atoms with Crippen LogP contribution in [0.2, 0.25) is 0 Å². The highest BCUT2D eigenvalue weighted by Crippen LogP contribution is 2.20. The highest BCUT2D eigenvalue weighted by molar-refractivity contribution is 5.92. The molecule has 18 heavy (non-hydrogen) atoms. The summed E-state index contributed by atoms with van der Waals surface area (Å²) >= 11 is 0. The first-order valence-corrected chi connectivity index (χ1v) is 6.28. The maximum Gasteiger partial charge on any atom is 0.272 e. The van der Waals surface area contributed by atoms with Crippen LogP contribution >= 0.6 is 0 Å². The molecule has 1 unspecified atom stereocenters. The fraction of sp³-hybridized carbons (Fsp3) is 0.538. The smallest absolute Gasteiger partial charge is 0.272 e. The van der Waals surface area contributed by atoms with Gasteiger partial charge in [-0.15, -0.1) is 0 Å². The summed E-state index contributed by atoms with van der Waals surface area (Å²) in [4.78, 5) is 18.2. The predicted octanol–water partition coefficient (Wildman–Crippen LogP) is 0.968. The van der Waals surface area contributed by atoms with Crippen LogP contribution in [-0.2, 0) is 0 Å². The predicted molar refractivity (Wildman–Crippen MR) is 69.5 cm³/mol. The second-order valence-electron chi connectivity index (χ2n) is 4.60. The van der Waals surface area contributed by atoms with E-state index < -0.39 is 0 Å². The number of aliphatic hydroxyl groups excluding tert-OH is 1. The zero-order valence-electron chi connectivity index (χ0n) is 10.6. The number of amides is 1. The molecule has 2 N–H and O–H groups in total. The number of pyridine rings is 1. The lowest BCUT2D eigenvalue weighted by molar-refractivity contribution is 0.0779. The molecule has 1 aromatic heterocycles. The number of carbonyl (C=O) groups is 1. The van der Waals surface area contributed by atoms with Crippen molar-refractivity contribution >= 4 is 11.6 Å². The first kappa shape index (κ1) is 12.8. The number of hydrogen-bond donors (Lipinski definition) is 2. The van der Waals surface area contributed by atoms with Crippen molar-refractivity contribution in [2.24, 2.45) is 5.92 Å². The third-order valence-electron chi connectivity index (χ3n) is 3.38. The lowest BCUT2D eigenvalue weighted by Crippen LogP contribution is -2.29. The van der Waals surface area contributed by atoms with Gasteiger partial charge in [-0.1, -0.05) is 0 Å². The van der Waals surface area contributed by atoms with E-state index in [1.165, 1.54) is 0 Å². The standard InChI is InChI=1S/C13H19N3O2/c1-14-11-2-3-12(15-8-11)13(18)16-6-4-10(9-16)5-7-17/h2-3,8,10,14,17H,4-7,9H2,1H3. The zero-order chi connectivity index (χ0) is 13.0.